The normalized spacial score (nSPS) is 12.4. The number of nitrogens with one attached hydrogen (secondary N) is 1. The molecule has 0 saturated carbocycles. The van der Waals surface area contributed by atoms with Crippen molar-refractivity contribution in [3.8, 4) is 5.75 Å². The van der Waals surface area contributed by atoms with Crippen molar-refractivity contribution >= 4 is 11.6 Å². The molecule has 1 heterocycles. The SMILES string of the molecule is CCNC(c1ccc(Cl)cc1C)c1c(OC)cnn1C. The third kappa shape index (κ3) is 2.81. The van der Waals surface area contributed by atoms with Crippen molar-refractivity contribution in [3.05, 3.63) is 46.2 Å². The van der Waals surface area contributed by atoms with Crippen molar-refractivity contribution in [1.82, 2.24) is 15.1 Å². The molecule has 20 heavy (non-hydrogen) atoms. The molecular weight excluding hydrogens is 274 g/mol. The third-order valence-electron chi connectivity index (χ3n) is 3.39. The number of hydrogen-bond donors (Lipinski definition) is 1. The van der Waals surface area contributed by atoms with Crippen LogP contribution >= 0.6 is 11.6 Å². The van der Waals surface area contributed by atoms with Gasteiger partial charge < -0.3 is 10.1 Å². The average Bonchev–Trinajstić information content (AvgIpc) is 2.78. The van der Waals surface area contributed by atoms with Crippen LogP contribution in [-0.2, 0) is 7.05 Å². The van der Waals surface area contributed by atoms with Crippen molar-refractivity contribution < 1.29 is 4.74 Å². The maximum atomic E-state index is 6.05. The van der Waals surface area contributed by atoms with E-state index in [1.165, 1.54) is 5.56 Å². The first kappa shape index (κ1) is 14.9. The van der Waals surface area contributed by atoms with Crippen LogP contribution in [0.1, 0.15) is 29.8 Å². The first-order valence-electron chi connectivity index (χ1n) is 6.63. The Bertz CT molecular complexity index is 595. The summed E-state index contributed by atoms with van der Waals surface area (Å²) in [5.41, 5.74) is 3.34. The van der Waals surface area contributed by atoms with Crippen LogP contribution in [0.15, 0.2) is 24.4 Å². The number of aryl methyl sites for hydroxylation is 2. The van der Waals surface area contributed by atoms with Crippen molar-refractivity contribution in [2.24, 2.45) is 7.05 Å². The van der Waals surface area contributed by atoms with Crippen LogP contribution in [0.25, 0.3) is 0 Å². The maximum Gasteiger partial charge on any atom is 0.161 e. The Balaban J connectivity index is 2.53. The number of aromatic nitrogens is 2. The number of methoxy groups -OCH3 is 1. The second kappa shape index (κ2) is 6.29. The zero-order valence-corrected chi connectivity index (χ0v) is 13.0. The van der Waals surface area contributed by atoms with E-state index in [0.29, 0.717) is 0 Å². The molecule has 108 valence electrons. The minimum atomic E-state index is 0.0275. The molecular formula is C15H20ClN3O. The predicted molar refractivity (Wildman–Crippen MR) is 81.5 cm³/mol. The summed E-state index contributed by atoms with van der Waals surface area (Å²) >= 11 is 6.05. The van der Waals surface area contributed by atoms with Gasteiger partial charge in [-0.15, -0.1) is 0 Å². The van der Waals surface area contributed by atoms with Crippen molar-refractivity contribution in [3.63, 3.8) is 0 Å². The van der Waals surface area contributed by atoms with Gasteiger partial charge in [0.15, 0.2) is 5.75 Å². The van der Waals surface area contributed by atoms with E-state index >= 15 is 0 Å². The lowest BCUT2D eigenvalue weighted by Crippen LogP contribution is -2.25. The first-order valence-corrected chi connectivity index (χ1v) is 7.01. The van der Waals surface area contributed by atoms with Gasteiger partial charge in [0.25, 0.3) is 0 Å². The Labute approximate surface area is 124 Å². The van der Waals surface area contributed by atoms with E-state index in [1.807, 2.05) is 23.9 Å². The average molecular weight is 294 g/mol. The minimum absolute atomic E-state index is 0.0275. The highest BCUT2D eigenvalue weighted by Crippen LogP contribution is 2.32. The molecule has 0 aliphatic carbocycles. The number of rotatable bonds is 5. The summed E-state index contributed by atoms with van der Waals surface area (Å²) in [5.74, 6) is 0.785. The van der Waals surface area contributed by atoms with Crippen molar-refractivity contribution in [2.45, 2.75) is 19.9 Å². The molecule has 1 aromatic carbocycles. The lowest BCUT2D eigenvalue weighted by Gasteiger charge is -2.22. The highest BCUT2D eigenvalue weighted by Gasteiger charge is 2.23. The van der Waals surface area contributed by atoms with Crippen LogP contribution in [0.2, 0.25) is 5.02 Å². The van der Waals surface area contributed by atoms with Crippen LogP contribution in [0, 0.1) is 6.92 Å². The van der Waals surface area contributed by atoms with E-state index in [9.17, 15) is 0 Å². The first-order chi connectivity index (χ1) is 9.58. The molecule has 4 nitrogen and oxygen atoms in total. The topological polar surface area (TPSA) is 39.1 Å². The Kier molecular flexibility index (Phi) is 4.68. The molecule has 5 heteroatoms. The van der Waals surface area contributed by atoms with E-state index in [4.69, 9.17) is 16.3 Å². The molecule has 0 aliphatic heterocycles. The van der Waals surface area contributed by atoms with E-state index in [2.05, 4.69) is 30.3 Å². The summed E-state index contributed by atoms with van der Waals surface area (Å²) in [7, 11) is 3.59. The van der Waals surface area contributed by atoms with Gasteiger partial charge in [0, 0.05) is 12.1 Å². The van der Waals surface area contributed by atoms with Gasteiger partial charge in [-0.05, 0) is 36.7 Å². The lowest BCUT2D eigenvalue weighted by atomic mass is 9.98. The molecule has 0 bridgehead atoms. The zero-order valence-electron chi connectivity index (χ0n) is 12.3. The standard InChI is InChI=1S/C15H20ClN3O/c1-5-17-14(12-7-6-11(16)8-10(12)2)15-13(20-4)9-18-19(15)3/h6-9,14,17H,5H2,1-4H3. The molecule has 0 spiro atoms. The fourth-order valence-electron chi connectivity index (χ4n) is 2.43. The van der Waals surface area contributed by atoms with Crippen molar-refractivity contribution in [1.29, 1.82) is 0 Å². The lowest BCUT2D eigenvalue weighted by molar-refractivity contribution is 0.401. The van der Waals surface area contributed by atoms with Crippen LogP contribution in [0.5, 0.6) is 5.75 Å². The molecule has 0 fully saturated rings. The molecule has 1 unspecified atom stereocenters. The zero-order chi connectivity index (χ0) is 14.7. The summed E-state index contributed by atoms with van der Waals surface area (Å²) in [4.78, 5) is 0. The minimum Gasteiger partial charge on any atom is -0.493 e. The Morgan fingerprint density at radius 2 is 2.20 bits per heavy atom. The second-order valence-corrected chi connectivity index (χ2v) is 5.15. The number of nitrogens with zero attached hydrogens (tertiary/aromatic N) is 2. The Morgan fingerprint density at radius 3 is 2.80 bits per heavy atom. The van der Waals surface area contributed by atoms with E-state index in [1.54, 1.807) is 13.3 Å². The van der Waals surface area contributed by atoms with Gasteiger partial charge in [-0.2, -0.15) is 5.10 Å². The van der Waals surface area contributed by atoms with Crippen LogP contribution in [-0.4, -0.2) is 23.4 Å². The molecule has 1 aromatic heterocycles. The van der Waals surface area contributed by atoms with E-state index < -0.39 is 0 Å². The van der Waals surface area contributed by atoms with Gasteiger partial charge in [-0.1, -0.05) is 24.6 Å². The van der Waals surface area contributed by atoms with Crippen LogP contribution in [0.3, 0.4) is 0 Å². The molecule has 0 radical (unpaired) electrons. The number of ether oxygens (including phenoxy) is 1. The summed E-state index contributed by atoms with van der Waals surface area (Å²) in [5, 5.41) is 8.53. The molecule has 2 rings (SSSR count). The number of benzene rings is 1. The van der Waals surface area contributed by atoms with Gasteiger partial charge in [0.05, 0.1) is 19.3 Å². The van der Waals surface area contributed by atoms with Gasteiger partial charge >= 0.3 is 0 Å². The Hall–Kier alpha value is -1.52. The molecule has 1 N–H and O–H groups in total. The highest BCUT2D eigenvalue weighted by atomic mass is 35.5. The van der Waals surface area contributed by atoms with Gasteiger partial charge in [-0.25, -0.2) is 0 Å². The quantitative estimate of drug-likeness (QED) is 0.921. The van der Waals surface area contributed by atoms with Crippen molar-refractivity contribution in [2.75, 3.05) is 13.7 Å². The molecule has 2 aromatic rings. The summed E-state index contributed by atoms with van der Waals surface area (Å²) in [6.45, 7) is 5.00. The summed E-state index contributed by atoms with van der Waals surface area (Å²) in [6.07, 6.45) is 1.74. The van der Waals surface area contributed by atoms with Gasteiger partial charge in [0.1, 0.15) is 5.69 Å². The van der Waals surface area contributed by atoms with E-state index in [0.717, 1.165) is 28.6 Å². The number of hydrogen-bond acceptors (Lipinski definition) is 3. The molecule has 0 aliphatic rings. The fraction of sp³-hybridized carbons (Fsp3) is 0.400. The third-order valence-corrected chi connectivity index (χ3v) is 3.63. The number of halogens is 1. The summed E-state index contributed by atoms with van der Waals surface area (Å²) in [6, 6.07) is 5.97. The Morgan fingerprint density at radius 1 is 1.45 bits per heavy atom. The highest BCUT2D eigenvalue weighted by molar-refractivity contribution is 6.30. The molecule has 0 saturated heterocycles. The smallest absolute Gasteiger partial charge is 0.161 e. The maximum absolute atomic E-state index is 6.05. The molecule has 0 amide bonds. The largest absolute Gasteiger partial charge is 0.493 e. The predicted octanol–water partition coefficient (Wildman–Crippen LogP) is 3.09. The molecule has 1 atom stereocenters. The van der Waals surface area contributed by atoms with Gasteiger partial charge in [0.2, 0.25) is 0 Å². The van der Waals surface area contributed by atoms with Gasteiger partial charge in [-0.3, -0.25) is 4.68 Å². The fourth-order valence-corrected chi connectivity index (χ4v) is 2.66. The monoisotopic (exact) mass is 293 g/mol. The van der Waals surface area contributed by atoms with E-state index in [-0.39, 0.29) is 6.04 Å². The van der Waals surface area contributed by atoms with Crippen LogP contribution in [0.4, 0.5) is 0 Å². The second-order valence-electron chi connectivity index (χ2n) is 4.71. The van der Waals surface area contributed by atoms with Crippen LogP contribution < -0.4 is 10.1 Å². The summed E-state index contributed by atoms with van der Waals surface area (Å²) < 4.78 is 7.28.